The Labute approximate surface area is 127 Å². The molecule has 0 saturated heterocycles. The summed E-state index contributed by atoms with van der Waals surface area (Å²) in [6.07, 6.45) is 0. The van der Waals surface area contributed by atoms with Gasteiger partial charge in [0, 0.05) is 18.2 Å². The van der Waals surface area contributed by atoms with Crippen molar-refractivity contribution in [2.75, 3.05) is 24.8 Å². The van der Waals surface area contributed by atoms with Gasteiger partial charge in [-0.3, -0.25) is 0 Å². The fourth-order valence-corrected chi connectivity index (χ4v) is 1.98. The highest BCUT2D eigenvalue weighted by atomic mass is 35.5. The Morgan fingerprint density at radius 2 is 2.00 bits per heavy atom. The van der Waals surface area contributed by atoms with E-state index in [9.17, 15) is 4.39 Å². The number of benzene rings is 2. The molecule has 2 aromatic carbocycles. The van der Waals surface area contributed by atoms with Gasteiger partial charge in [0.15, 0.2) is 11.6 Å². The fraction of sp³-hybridized carbons (Fsp3) is 0.200. The number of halogens is 2. The van der Waals surface area contributed by atoms with Crippen LogP contribution < -0.4 is 20.5 Å². The molecule has 0 aliphatic carbocycles. The first-order valence-electron chi connectivity index (χ1n) is 6.37. The van der Waals surface area contributed by atoms with Crippen LogP contribution in [0.2, 0.25) is 5.02 Å². The van der Waals surface area contributed by atoms with E-state index in [1.165, 1.54) is 12.1 Å². The normalized spacial score (nSPS) is 10.3. The van der Waals surface area contributed by atoms with Crippen LogP contribution in [0.25, 0.3) is 0 Å². The molecule has 2 rings (SSSR count). The Morgan fingerprint density at radius 3 is 2.67 bits per heavy atom. The van der Waals surface area contributed by atoms with Crippen LogP contribution in [0.3, 0.4) is 0 Å². The molecule has 0 radical (unpaired) electrons. The summed E-state index contributed by atoms with van der Waals surface area (Å²) in [4.78, 5) is 0. The molecule has 3 N–H and O–H groups in total. The Bertz CT molecular complexity index is 650. The second kappa shape index (κ2) is 6.54. The minimum absolute atomic E-state index is 0.133. The van der Waals surface area contributed by atoms with Crippen molar-refractivity contribution in [2.45, 2.75) is 6.92 Å². The second-order valence-corrected chi connectivity index (χ2v) is 4.68. The lowest BCUT2D eigenvalue weighted by molar-refractivity contribution is 0.322. The molecule has 0 bridgehead atoms. The van der Waals surface area contributed by atoms with Crippen LogP contribution in [0.4, 0.5) is 21.5 Å². The molecule has 0 atom stereocenters. The Balaban J connectivity index is 2.37. The number of anilines is 3. The molecule has 0 fully saturated rings. The molecule has 0 amide bonds. The summed E-state index contributed by atoms with van der Waals surface area (Å²) in [5.74, 6) is 0.275. The van der Waals surface area contributed by atoms with E-state index in [-0.39, 0.29) is 11.4 Å². The first kappa shape index (κ1) is 15.3. The monoisotopic (exact) mass is 310 g/mol. The van der Waals surface area contributed by atoms with Crippen molar-refractivity contribution in [1.82, 2.24) is 0 Å². The number of ether oxygens (including phenoxy) is 2. The predicted octanol–water partition coefficient (Wildman–Crippen LogP) is 4.21. The van der Waals surface area contributed by atoms with Crippen LogP contribution in [0.5, 0.6) is 11.5 Å². The molecule has 112 valence electrons. The molecular formula is C15H16ClFN2O2. The largest absolute Gasteiger partial charge is 0.497 e. The number of hydrogen-bond acceptors (Lipinski definition) is 4. The van der Waals surface area contributed by atoms with Crippen LogP contribution in [0, 0.1) is 5.82 Å². The molecule has 0 spiro atoms. The van der Waals surface area contributed by atoms with Gasteiger partial charge in [0.05, 0.1) is 35.8 Å². The third kappa shape index (κ3) is 3.49. The number of nitrogens with one attached hydrogen (secondary N) is 1. The average molecular weight is 311 g/mol. The van der Waals surface area contributed by atoms with E-state index in [1.54, 1.807) is 32.2 Å². The zero-order valence-corrected chi connectivity index (χ0v) is 12.5. The first-order valence-corrected chi connectivity index (χ1v) is 6.75. The van der Waals surface area contributed by atoms with E-state index in [1.807, 2.05) is 0 Å². The molecule has 21 heavy (non-hydrogen) atoms. The summed E-state index contributed by atoms with van der Waals surface area (Å²) in [5.41, 5.74) is 7.20. The summed E-state index contributed by atoms with van der Waals surface area (Å²) in [5, 5.41) is 3.56. The minimum atomic E-state index is -0.503. The van der Waals surface area contributed by atoms with E-state index >= 15 is 0 Å². The molecule has 4 nitrogen and oxygen atoms in total. The van der Waals surface area contributed by atoms with E-state index < -0.39 is 5.82 Å². The van der Waals surface area contributed by atoms with E-state index in [0.29, 0.717) is 28.8 Å². The number of nitrogen functional groups attached to an aromatic ring is 1. The van der Waals surface area contributed by atoms with Gasteiger partial charge in [0.25, 0.3) is 0 Å². The second-order valence-electron chi connectivity index (χ2n) is 4.27. The van der Waals surface area contributed by atoms with Crippen molar-refractivity contribution in [3.05, 3.63) is 41.2 Å². The molecule has 6 heteroatoms. The van der Waals surface area contributed by atoms with E-state index in [0.717, 1.165) is 0 Å². The molecule has 0 unspecified atom stereocenters. The van der Waals surface area contributed by atoms with Crippen LogP contribution in [0.15, 0.2) is 30.3 Å². The summed E-state index contributed by atoms with van der Waals surface area (Å²) < 4.78 is 24.0. The SMILES string of the molecule is CCOc1cc(Nc2cc(OC)ccc2Cl)c(N)cc1F. The van der Waals surface area contributed by atoms with Crippen molar-refractivity contribution in [1.29, 1.82) is 0 Å². The number of nitrogens with two attached hydrogens (primary N) is 1. The predicted molar refractivity (Wildman–Crippen MR) is 83.3 cm³/mol. The highest BCUT2D eigenvalue weighted by Gasteiger charge is 2.11. The molecule has 0 aliphatic rings. The quantitative estimate of drug-likeness (QED) is 0.812. The van der Waals surface area contributed by atoms with Crippen molar-refractivity contribution in [3.8, 4) is 11.5 Å². The van der Waals surface area contributed by atoms with Gasteiger partial charge >= 0.3 is 0 Å². The summed E-state index contributed by atoms with van der Waals surface area (Å²) >= 11 is 6.12. The Hall–Kier alpha value is -2.14. The van der Waals surface area contributed by atoms with Crippen LogP contribution in [0.1, 0.15) is 6.92 Å². The van der Waals surface area contributed by atoms with Crippen molar-refractivity contribution >= 4 is 28.7 Å². The molecule has 0 saturated carbocycles. The van der Waals surface area contributed by atoms with Gasteiger partial charge in [-0.15, -0.1) is 0 Å². The Morgan fingerprint density at radius 1 is 1.24 bits per heavy atom. The highest BCUT2D eigenvalue weighted by molar-refractivity contribution is 6.33. The van der Waals surface area contributed by atoms with Crippen LogP contribution in [-0.2, 0) is 0 Å². The van der Waals surface area contributed by atoms with Crippen molar-refractivity contribution in [3.63, 3.8) is 0 Å². The summed E-state index contributed by atoms with van der Waals surface area (Å²) in [6, 6.07) is 7.88. The maximum Gasteiger partial charge on any atom is 0.167 e. The minimum Gasteiger partial charge on any atom is -0.497 e. The third-order valence-electron chi connectivity index (χ3n) is 2.85. The lowest BCUT2D eigenvalue weighted by Crippen LogP contribution is -2.01. The van der Waals surface area contributed by atoms with Gasteiger partial charge < -0.3 is 20.5 Å². The Kier molecular flexibility index (Phi) is 4.75. The molecule has 0 aromatic heterocycles. The van der Waals surface area contributed by atoms with Gasteiger partial charge in [-0.2, -0.15) is 0 Å². The van der Waals surface area contributed by atoms with E-state index in [4.69, 9.17) is 26.8 Å². The summed E-state index contributed by atoms with van der Waals surface area (Å²) in [6.45, 7) is 2.14. The highest BCUT2D eigenvalue weighted by Crippen LogP contribution is 2.34. The van der Waals surface area contributed by atoms with Gasteiger partial charge in [0.2, 0.25) is 0 Å². The topological polar surface area (TPSA) is 56.5 Å². The smallest absolute Gasteiger partial charge is 0.167 e. The van der Waals surface area contributed by atoms with Gasteiger partial charge in [-0.05, 0) is 19.1 Å². The van der Waals surface area contributed by atoms with Gasteiger partial charge in [-0.1, -0.05) is 11.6 Å². The molecule has 2 aromatic rings. The lowest BCUT2D eigenvalue weighted by Gasteiger charge is -2.14. The summed E-state index contributed by atoms with van der Waals surface area (Å²) in [7, 11) is 1.56. The van der Waals surface area contributed by atoms with Crippen LogP contribution >= 0.6 is 11.6 Å². The number of methoxy groups -OCH3 is 1. The van der Waals surface area contributed by atoms with Crippen LogP contribution in [-0.4, -0.2) is 13.7 Å². The zero-order chi connectivity index (χ0) is 15.4. The van der Waals surface area contributed by atoms with Gasteiger partial charge in [0.1, 0.15) is 5.75 Å². The van der Waals surface area contributed by atoms with E-state index in [2.05, 4.69) is 5.32 Å². The number of hydrogen-bond donors (Lipinski definition) is 2. The van der Waals surface area contributed by atoms with Crippen molar-refractivity contribution < 1.29 is 13.9 Å². The molecule has 0 aliphatic heterocycles. The molecular weight excluding hydrogens is 295 g/mol. The standard InChI is InChI=1S/C15H16ClFN2O2/c1-3-21-15-8-14(12(18)7-11(15)17)19-13-6-9(20-2)4-5-10(13)16/h4-8,19H,3,18H2,1-2H3. The molecule has 0 heterocycles. The maximum atomic E-state index is 13.7. The maximum absolute atomic E-state index is 13.7. The first-order chi connectivity index (χ1) is 10.0. The van der Waals surface area contributed by atoms with Crippen molar-refractivity contribution in [2.24, 2.45) is 0 Å². The lowest BCUT2D eigenvalue weighted by atomic mass is 10.2. The average Bonchev–Trinajstić information content (AvgIpc) is 2.46. The zero-order valence-electron chi connectivity index (χ0n) is 11.7. The third-order valence-corrected chi connectivity index (χ3v) is 3.18. The number of rotatable bonds is 5. The van der Waals surface area contributed by atoms with Gasteiger partial charge in [-0.25, -0.2) is 4.39 Å². The fourth-order valence-electron chi connectivity index (χ4n) is 1.82.